The fourth-order valence-corrected chi connectivity index (χ4v) is 1.87. The number of esters is 1. The molecule has 0 spiro atoms. The minimum absolute atomic E-state index is 0.0283. The van der Waals surface area contributed by atoms with Gasteiger partial charge in [0.2, 0.25) is 0 Å². The molecule has 0 aromatic heterocycles. The summed E-state index contributed by atoms with van der Waals surface area (Å²) >= 11 is 5.83. The van der Waals surface area contributed by atoms with Crippen LogP contribution < -0.4 is 14.2 Å². The van der Waals surface area contributed by atoms with Crippen molar-refractivity contribution < 1.29 is 23.9 Å². The van der Waals surface area contributed by atoms with Gasteiger partial charge < -0.3 is 14.2 Å². The van der Waals surface area contributed by atoms with E-state index in [0.29, 0.717) is 11.5 Å². The first-order valence-corrected chi connectivity index (χ1v) is 6.79. The third kappa shape index (κ3) is 4.58. The minimum Gasteiger partial charge on any atom is -0.497 e. The van der Waals surface area contributed by atoms with Crippen molar-refractivity contribution in [2.24, 2.45) is 0 Å². The molecule has 0 heterocycles. The van der Waals surface area contributed by atoms with Gasteiger partial charge in [0, 0.05) is 12.1 Å². The normalized spacial score (nSPS) is 10.0. The third-order valence-corrected chi connectivity index (χ3v) is 3.06. The Labute approximate surface area is 136 Å². The predicted molar refractivity (Wildman–Crippen MR) is 82.2 cm³/mol. The Kier molecular flexibility index (Phi) is 5.37. The highest BCUT2D eigenvalue weighted by Gasteiger charge is 2.13. The number of benzene rings is 2. The van der Waals surface area contributed by atoms with Crippen molar-refractivity contribution in [3.05, 3.63) is 57.6 Å². The number of nitrogens with zero attached hydrogens (tertiary/aromatic N) is 1. The molecular formula is C15H12ClNO6. The second-order valence-electron chi connectivity index (χ2n) is 4.31. The molecule has 23 heavy (non-hydrogen) atoms. The Morgan fingerprint density at radius 2 is 1.83 bits per heavy atom. The number of methoxy groups -OCH3 is 1. The summed E-state index contributed by atoms with van der Waals surface area (Å²) in [5.41, 5.74) is -0.190. The molecule has 0 saturated heterocycles. The maximum atomic E-state index is 11.7. The molecule has 0 aliphatic rings. The van der Waals surface area contributed by atoms with E-state index in [1.807, 2.05) is 0 Å². The maximum absolute atomic E-state index is 11.7. The van der Waals surface area contributed by atoms with E-state index < -0.39 is 10.9 Å². The van der Waals surface area contributed by atoms with E-state index in [0.717, 1.165) is 6.07 Å². The molecule has 120 valence electrons. The molecule has 0 aliphatic heterocycles. The first-order chi connectivity index (χ1) is 11.0. The van der Waals surface area contributed by atoms with Gasteiger partial charge in [-0.15, -0.1) is 0 Å². The lowest BCUT2D eigenvalue weighted by Gasteiger charge is -2.08. The van der Waals surface area contributed by atoms with Gasteiger partial charge >= 0.3 is 5.97 Å². The van der Waals surface area contributed by atoms with Gasteiger partial charge in [0.25, 0.3) is 5.69 Å². The Morgan fingerprint density at radius 1 is 1.17 bits per heavy atom. The number of nitro benzene ring substituents is 1. The Morgan fingerprint density at radius 3 is 2.39 bits per heavy atom. The van der Waals surface area contributed by atoms with Crippen LogP contribution >= 0.6 is 11.6 Å². The Balaban J connectivity index is 1.92. The molecule has 0 unspecified atom stereocenters. The predicted octanol–water partition coefficient (Wildman–Crippen LogP) is 3.24. The number of non-ortho nitro benzene ring substituents is 1. The first kappa shape index (κ1) is 16.6. The number of ether oxygens (including phenoxy) is 3. The van der Waals surface area contributed by atoms with Gasteiger partial charge in [0.1, 0.15) is 17.2 Å². The van der Waals surface area contributed by atoms with E-state index in [1.54, 1.807) is 31.4 Å². The zero-order valence-corrected chi connectivity index (χ0v) is 12.8. The minimum atomic E-state index is -0.684. The average Bonchev–Trinajstić information content (AvgIpc) is 2.55. The number of halogens is 1. The lowest BCUT2D eigenvalue weighted by atomic mass is 10.3. The topological polar surface area (TPSA) is 87.9 Å². The van der Waals surface area contributed by atoms with E-state index >= 15 is 0 Å². The fourth-order valence-electron chi connectivity index (χ4n) is 1.65. The molecule has 2 rings (SSSR count). The highest BCUT2D eigenvalue weighted by atomic mass is 35.5. The van der Waals surface area contributed by atoms with Crippen LogP contribution in [0.1, 0.15) is 0 Å². The highest BCUT2D eigenvalue weighted by molar-refractivity contribution is 6.32. The molecular weight excluding hydrogens is 326 g/mol. The second kappa shape index (κ2) is 7.46. The quantitative estimate of drug-likeness (QED) is 0.348. The molecule has 8 heteroatoms. The summed E-state index contributed by atoms with van der Waals surface area (Å²) in [6.45, 7) is -0.334. The Bertz CT molecular complexity index is 716. The van der Waals surface area contributed by atoms with Crippen LogP contribution in [0.25, 0.3) is 0 Å². The monoisotopic (exact) mass is 337 g/mol. The number of rotatable bonds is 6. The van der Waals surface area contributed by atoms with Crippen molar-refractivity contribution in [3.8, 4) is 17.2 Å². The first-order valence-electron chi connectivity index (χ1n) is 6.41. The molecule has 0 atom stereocenters. The smallest absolute Gasteiger partial charge is 0.349 e. The lowest BCUT2D eigenvalue weighted by molar-refractivity contribution is -0.384. The number of carbonyl (C=O) groups excluding carboxylic acids is 1. The van der Waals surface area contributed by atoms with Crippen molar-refractivity contribution in [2.45, 2.75) is 0 Å². The van der Waals surface area contributed by atoms with E-state index in [1.165, 1.54) is 12.1 Å². The highest BCUT2D eigenvalue weighted by Crippen LogP contribution is 2.28. The van der Waals surface area contributed by atoms with E-state index in [-0.39, 0.29) is 23.1 Å². The van der Waals surface area contributed by atoms with Gasteiger partial charge in [0.05, 0.1) is 17.1 Å². The van der Waals surface area contributed by atoms with Crippen LogP contribution in [-0.2, 0) is 4.79 Å². The molecule has 0 saturated carbocycles. The number of hydrogen-bond acceptors (Lipinski definition) is 6. The molecule has 2 aromatic carbocycles. The summed E-state index contributed by atoms with van der Waals surface area (Å²) < 4.78 is 15.3. The van der Waals surface area contributed by atoms with Gasteiger partial charge in [0.15, 0.2) is 6.61 Å². The average molecular weight is 338 g/mol. The summed E-state index contributed by atoms with van der Waals surface area (Å²) in [4.78, 5) is 21.7. The van der Waals surface area contributed by atoms with Crippen molar-refractivity contribution in [3.63, 3.8) is 0 Å². The Hall–Kier alpha value is -2.80. The van der Waals surface area contributed by atoms with Crippen LogP contribution in [0.3, 0.4) is 0 Å². The number of hydrogen-bond donors (Lipinski definition) is 0. The molecule has 0 bridgehead atoms. The second-order valence-corrected chi connectivity index (χ2v) is 4.72. The zero-order chi connectivity index (χ0) is 16.8. The molecule has 0 N–H and O–H groups in total. The number of carbonyl (C=O) groups is 1. The van der Waals surface area contributed by atoms with Crippen LogP contribution in [0.2, 0.25) is 5.02 Å². The summed E-state index contributed by atoms with van der Waals surface area (Å²) in [5.74, 6) is 0.479. The van der Waals surface area contributed by atoms with Gasteiger partial charge in [-0.3, -0.25) is 10.1 Å². The maximum Gasteiger partial charge on any atom is 0.349 e. The van der Waals surface area contributed by atoms with Crippen LogP contribution in [-0.4, -0.2) is 24.6 Å². The molecule has 0 amide bonds. The molecule has 7 nitrogen and oxygen atoms in total. The van der Waals surface area contributed by atoms with E-state index in [2.05, 4.69) is 0 Å². The van der Waals surface area contributed by atoms with Crippen LogP contribution in [0.15, 0.2) is 42.5 Å². The van der Waals surface area contributed by atoms with Crippen LogP contribution in [0, 0.1) is 10.1 Å². The number of nitro groups is 1. The molecule has 0 aliphatic carbocycles. The van der Waals surface area contributed by atoms with E-state index in [9.17, 15) is 14.9 Å². The van der Waals surface area contributed by atoms with Crippen molar-refractivity contribution in [2.75, 3.05) is 13.7 Å². The fraction of sp³-hybridized carbons (Fsp3) is 0.133. The van der Waals surface area contributed by atoms with Crippen LogP contribution in [0.4, 0.5) is 5.69 Å². The standard InChI is InChI=1S/C15H12ClNO6/c1-21-11-3-5-12(6-4-11)22-9-15(18)23-14-7-2-10(17(19)20)8-13(14)16/h2-8H,9H2,1H3. The van der Waals surface area contributed by atoms with Gasteiger partial charge in [-0.05, 0) is 30.3 Å². The van der Waals surface area contributed by atoms with Crippen molar-refractivity contribution in [1.29, 1.82) is 0 Å². The zero-order valence-electron chi connectivity index (χ0n) is 12.0. The lowest BCUT2D eigenvalue weighted by Crippen LogP contribution is -2.17. The van der Waals surface area contributed by atoms with Gasteiger partial charge in [-0.25, -0.2) is 4.79 Å². The summed E-state index contributed by atoms with van der Waals surface area (Å²) in [7, 11) is 1.54. The molecule has 2 aromatic rings. The van der Waals surface area contributed by atoms with Crippen LogP contribution in [0.5, 0.6) is 17.2 Å². The van der Waals surface area contributed by atoms with Crippen molar-refractivity contribution in [1.82, 2.24) is 0 Å². The largest absolute Gasteiger partial charge is 0.497 e. The van der Waals surface area contributed by atoms with Crippen molar-refractivity contribution >= 4 is 23.3 Å². The SMILES string of the molecule is COc1ccc(OCC(=O)Oc2ccc([N+](=O)[O-])cc2Cl)cc1. The van der Waals surface area contributed by atoms with Gasteiger partial charge in [-0.2, -0.15) is 0 Å². The molecule has 0 radical (unpaired) electrons. The summed E-state index contributed by atoms with van der Waals surface area (Å²) in [6, 6.07) is 10.2. The molecule has 0 fully saturated rings. The summed E-state index contributed by atoms with van der Waals surface area (Å²) in [6.07, 6.45) is 0. The third-order valence-electron chi connectivity index (χ3n) is 2.77. The summed E-state index contributed by atoms with van der Waals surface area (Å²) in [5, 5.41) is 10.6. The van der Waals surface area contributed by atoms with E-state index in [4.69, 9.17) is 25.8 Å². The van der Waals surface area contributed by atoms with Gasteiger partial charge in [-0.1, -0.05) is 11.6 Å².